The molecule has 0 unspecified atom stereocenters. The average molecular weight is 287 g/mol. The molecule has 0 N–H and O–H groups in total. The molecule has 4 nitrogen and oxygen atoms in total. The molecule has 7 heteroatoms. The molecule has 110 valence electrons. The Balaban J connectivity index is 1.99. The van der Waals surface area contributed by atoms with Crippen LogP contribution in [0.1, 0.15) is 19.0 Å². The Kier molecular flexibility index (Phi) is 4.15. The van der Waals surface area contributed by atoms with Gasteiger partial charge in [0.2, 0.25) is 5.91 Å². The number of alkyl halides is 3. The Morgan fingerprint density at radius 2 is 1.90 bits per heavy atom. The Morgan fingerprint density at radius 3 is 2.35 bits per heavy atom. The van der Waals surface area contributed by atoms with Crippen molar-refractivity contribution in [3.8, 4) is 0 Å². The third kappa shape index (κ3) is 3.20. The van der Waals surface area contributed by atoms with Crippen LogP contribution in [0.15, 0.2) is 18.3 Å². The van der Waals surface area contributed by atoms with E-state index < -0.39 is 11.9 Å². The van der Waals surface area contributed by atoms with Gasteiger partial charge in [-0.15, -0.1) is 0 Å². The third-order valence-electron chi connectivity index (χ3n) is 3.34. The molecule has 1 saturated heterocycles. The van der Waals surface area contributed by atoms with Gasteiger partial charge in [0.1, 0.15) is 5.69 Å². The van der Waals surface area contributed by atoms with Crippen molar-refractivity contribution in [3.05, 3.63) is 24.0 Å². The van der Waals surface area contributed by atoms with Crippen molar-refractivity contribution in [2.75, 3.05) is 31.1 Å². The van der Waals surface area contributed by atoms with E-state index in [9.17, 15) is 18.0 Å². The highest BCUT2D eigenvalue weighted by Gasteiger charge is 2.32. The molecular weight excluding hydrogens is 271 g/mol. The highest BCUT2D eigenvalue weighted by molar-refractivity contribution is 5.76. The molecule has 0 radical (unpaired) electrons. The molecule has 2 rings (SSSR count). The van der Waals surface area contributed by atoms with Crippen molar-refractivity contribution in [1.29, 1.82) is 0 Å². The lowest BCUT2D eigenvalue weighted by Crippen LogP contribution is -2.48. The standard InChI is InChI=1S/C13H16F3N3O/c1-2-12(20)19-7-5-18(6-8-19)10-3-4-11(17-9-10)13(14,15)16/h3-4,9H,2,5-8H2,1H3. The number of rotatable bonds is 2. The zero-order chi connectivity index (χ0) is 14.8. The van der Waals surface area contributed by atoms with Gasteiger partial charge in [-0.3, -0.25) is 4.79 Å². The summed E-state index contributed by atoms with van der Waals surface area (Å²) in [5.41, 5.74) is -0.234. The molecule has 1 aromatic rings. The zero-order valence-electron chi connectivity index (χ0n) is 11.2. The van der Waals surface area contributed by atoms with E-state index in [4.69, 9.17) is 0 Å². The van der Waals surface area contributed by atoms with Gasteiger partial charge < -0.3 is 9.80 Å². The van der Waals surface area contributed by atoms with Crippen LogP contribution in [0.25, 0.3) is 0 Å². The summed E-state index contributed by atoms with van der Waals surface area (Å²) < 4.78 is 37.3. The second-order valence-electron chi connectivity index (χ2n) is 4.62. The molecule has 0 saturated carbocycles. The van der Waals surface area contributed by atoms with Gasteiger partial charge in [0.25, 0.3) is 0 Å². The first-order chi connectivity index (χ1) is 9.41. The lowest BCUT2D eigenvalue weighted by molar-refractivity contribution is -0.141. The fourth-order valence-corrected chi connectivity index (χ4v) is 2.18. The normalized spacial score (nSPS) is 16.4. The minimum Gasteiger partial charge on any atom is -0.367 e. The summed E-state index contributed by atoms with van der Waals surface area (Å²) in [5.74, 6) is 0.107. The predicted octanol–water partition coefficient (Wildman–Crippen LogP) is 2.16. The molecule has 0 spiro atoms. The molecule has 0 aliphatic carbocycles. The van der Waals surface area contributed by atoms with Crippen LogP contribution < -0.4 is 4.90 Å². The predicted molar refractivity (Wildman–Crippen MR) is 68.3 cm³/mol. The number of hydrogen-bond acceptors (Lipinski definition) is 3. The van der Waals surface area contributed by atoms with Crippen LogP contribution in [0.5, 0.6) is 0 Å². The molecule has 1 aliphatic rings. The monoisotopic (exact) mass is 287 g/mol. The molecule has 1 aromatic heterocycles. The van der Waals surface area contributed by atoms with Crippen LogP contribution in [0, 0.1) is 0 Å². The maximum atomic E-state index is 12.4. The second kappa shape index (κ2) is 5.68. The lowest BCUT2D eigenvalue weighted by Gasteiger charge is -2.35. The van der Waals surface area contributed by atoms with Crippen molar-refractivity contribution in [2.45, 2.75) is 19.5 Å². The van der Waals surface area contributed by atoms with Crippen LogP contribution in [0.3, 0.4) is 0 Å². The number of halogens is 3. The van der Waals surface area contributed by atoms with Crippen molar-refractivity contribution < 1.29 is 18.0 Å². The summed E-state index contributed by atoms with van der Waals surface area (Å²) in [6.07, 6.45) is -2.70. The van der Waals surface area contributed by atoms with Gasteiger partial charge >= 0.3 is 6.18 Å². The first-order valence-electron chi connectivity index (χ1n) is 6.48. The van der Waals surface area contributed by atoms with Crippen LogP contribution in [-0.4, -0.2) is 42.0 Å². The van der Waals surface area contributed by atoms with Gasteiger partial charge in [0, 0.05) is 32.6 Å². The molecule has 20 heavy (non-hydrogen) atoms. The minimum absolute atomic E-state index is 0.107. The number of hydrogen-bond donors (Lipinski definition) is 0. The molecule has 0 aromatic carbocycles. The van der Waals surface area contributed by atoms with Crippen LogP contribution in [0.2, 0.25) is 0 Å². The Labute approximate surface area is 115 Å². The van der Waals surface area contributed by atoms with Crippen LogP contribution >= 0.6 is 0 Å². The zero-order valence-corrected chi connectivity index (χ0v) is 11.2. The van der Waals surface area contributed by atoms with E-state index in [-0.39, 0.29) is 5.91 Å². The summed E-state index contributed by atoms with van der Waals surface area (Å²) in [6.45, 7) is 4.22. The Hall–Kier alpha value is -1.79. The average Bonchev–Trinajstić information content (AvgIpc) is 2.46. The molecule has 0 bridgehead atoms. The van der Waals surface area contributed by atoms with Crippen LogP contribution in [-0.2, 0) is 11.0 Å². The Bertz CT molecular complexity index is 465. The highest BCUT2D eigenvalue weighted by atomic mass is 19.4. The van der Waals surface area contributed by atoms with Gasteiger partial charge in [-0.2, -0.15) is 13.2 Å². The number of pyridine rings is 1. The van der Waals surface area contributed by atoms with Gasteiger partial charge in [-0.05, 0) is 12.1 Å². The minimum atomic E-state index is -4.41. The van der Waals surface area contributed by atoms with E-state index in [1.807, 2.05) is 11.8 Å². The first kappa shape index (κ1) is 14.6. The summed E-state index contributed by atoms with van der Waals surface area (Å²) >= 11 is 0. The number of amides is 1. The lowest BCUT2D eigenvalue weighted by atomic mass is 10.2. The van der Waals surface area contributed by atoms with Gasteiger partial charge in [0.05, 0.1) is 11.9 Å². The Morgan fingerprint density at radius 1 is 1.25 bits per heavy atom. The topological polar surface area (TPSA) is 36.4 Å². The van der Waals surface area contributed by atoms with E-state index in [1.54, 1.807) is 4.90 Å². The summed E-state index contributed by atoms with van der Waals surface area (Å²) in [7, 11) is 0. The molecule has 2 heterocycles. The number of anilines is 1. The van der Waals surface area contributed by atoms with E-state index in [0.29, 0.717) is 38.3 Å². The van der Waals surface area contributed by atoms with E-state index in [1.165, 1.54) is 12.3 Å². The second-order valence-corrected chi connectivity index (χ2v) is 4.62. The van der Waals surface area contributed by atoms with Gasteiger partial charge in [-0.25, -0.2) is 4.98 Å². The van der Waals surface area contributed by atoms with Crippen molar-refractivity contribution in [3.63, 3.8) is 0 Å². The number of piperazine rings is 1. The fourth-order valence-electron chi connectivity index (χ4n) is 2.18. The molecular formula is C13H16F3N3O. The fraction of sp³-hybridized carbons (Fsp3) is 0.538. The van der Waals surface area contributed by atoms with Crippen molar-refractivity contribution >= 4 is 11.6 Å². The van der Waals surface area contributed by atoms with Crippen molar-refractivity contribution in [2.24, 2.45) is 0 Å². The SMILES string of the molecule is CCC(=O)N1CCN(c2ccc(C(F)(F)F)nc2)CC1. The number of aromatic nitrogens is 1. The summed E-state index contributed by atoms with van der Waals surface area (Å²) in [6, 6.07) is 2.41. The number of carbonyl (C=O) groups is 1. The largest absolute Gasteiger partial charge is 0.433 e. The van der Waals surface area contributed by atoms with E-state index in [2.05, 4.69) is 4.98 Å². The highest BCUT2D eigenvalue weighted by Crippen LogP contribution is 2.28. The third-order valence-corrected chi connectivity index (χ3v) is 3.34. The maximum absolute atomic E-state index is 12.4. The summed E-state index contributed by atoms with van der Waals surface area (Å²) in [4.78, 5) is 18.7. The quantitative estimate of drug-likeness (QED) is 0.836. The van der Waals surface area contributed by atoms with Crippen molar-refractivity contribution in [1.82, 2.24) is 9.88 Å². The number of nitrogens with zero attached hydrogens (tertiary/aromatic N) is 3. The maximum Gasteiger partial charge on any atom is 0.433 e. The van der Waals surface area contributed by atoms with E-state index >= 15 is 0 Å². The van der Waals surface area contributed by atoms with Gasteiger partial charge in [0.15, 0.2) is 0 Å². The smallest absolute Gasteiger partial charge is 0.367 e. The molecule has 0 atom stereocenters. The number of carbonyl (C=O) groups excluding carboxylic acids is 1. The van der Waals surface area contributed by atoms with E-state index in [0.717, 1.165) is 6.07 Å². The summed E-state index contributed by atoms with van der Waals surface area (Å²) in [5, 5.41) is 0. The molecule has 1 aliphatic heterocycles. The van der Waals surface area contributed by atoms with Crippen LogP contribution in [0.4, 0.5) is 18.9 Å². The first-order valence-corrected chi connectivity index (χ1v) is 6.48. The molecule has 1 fully saturated rings. The van der Waals surface area contributed by atoms with Gasteiger partial charge in [-0.1, -0.05) is 6.92 Å². The molecule has 1 amide bonds.